The number of H-pyrrole nitrogens is 1. The molecule has 0 saturated carbocycles. The van der Waals surface area contributed by atoms with Crippen LogP contribution in [0.1, 0.15) is 5.56 Å². The van der Waals surface area contributed by atoms with E-state index in [2.05, 4.69) is 11.1 Å². The Labute approximate surface area is 160 Å². The van der Waals surface area contributed by atoms with Crippen LogP contribution in [-0.4, -0.2) is 20.3 Å². The zero-order chi connectivity index (χ0) is 18.8. The number of fused-ring (bicyclic) bond motifs is 1. The summed E-state index contributed by atoms with van der Waals surface area (Å²) >= 11 is 1.26. The Morgan fingerprint density at radius 3 is 2.63 bits per heavy atom. The number of nitriles is 1. The molecule has 2 heterocycles. The van der Waals surface area contributed by atoms with E-state index in [0.717, 1.165) is 22.4 Å². The van der Waals surface area contributed by atoms with Gasteiger partial charge in [0.2, 0.25) is 0 Å². The van der Waals surface area contributed by atoms with Crippen molar-refractivity contribution < 1.29 is 0 Å². The highest BCUT2D eigenvalue weighted by Gasteiger charge is 2.18. The summed E-state index contributed by atoms with van der Waals surface area (Å²) in [5.74, 6) is 0.217. The molecule has 4 aromatic rings. The molecule has 2 aromatic carbocycles. The number of hydrogen-bond donors (Lipinski definition) is 1. The van der Waals surface area contributed by atoms with Crippen LogP contribution in [0.5, 0.6) is 0 Å². The molecule has 0 bridgehead atoms. The average Bonchev–Trinajstić information content (AvgIpc) is 3.12. The second-order valence-electron chi connectivity index (χ2n) is 6.06. The molecule has 0 unspecified atom stereocenters. The van der Waals surface area contributed by atoms with Gasteiger partial charge in [0.25, 0.3) is 5.56 Å². The van der Waals surface area contributed by atoms with Gasteiger partial charge in [-0.1, -0.05) is 60.3 Å². The smallest absolute Gasteiger partial charge is 0.283 e. The maximum absolute atomic E-state index is 13.3. The number of aromatic nitrogens is 3. The van der Waals surface area contributed by atoms with Gasteiger partial charge in [0, 0.05) is 11.8 Å². The van der Waals surface area contributed by atoms with E-state index in [1.54, 1.807) is 4.57 Å². The lowest BCUT2D eigenvalue weighted by Crippen LogP contribution is -2.22. The van der Waals surface area contributed by atoms with Crippen molar-refractivity contribution in [1.29, 1.82) is 5.26 Å². The van der Waals surface area contributed by atoms with Crippen LogP contribution >= 0.6 is 11.8 Å². The molecule has 132 valence electrons. The number of nitrogens with one attached hydrogen (secondary N) is 1. The third-order valence-corrected chi connectivity index (χ3v) is 5.18. The Morgan fingerprint density at radius 1 is 1.15 bits per heavy atom. The highest BCUT2D eigenvalue weighted by molar-refractivity contribution is 7.99. The molecule has 5 nitrogen and oxygen atoms in total. The van der Waals surface area contributed by atoms with Crippen molar-refractivity contribution in [2.24, 2.45) is 0 Å². The molecule has 0 aliphatic heterocycles. The quantitative estimate of drug-likeness (QED) is 0.428. The summed E-state index contributed by atoms with van der Waals surface area (Å²) in [6.07, 6.45) is 1.81. The van der Waals surface area contributed by atoms with Crippen LogP contribution in [0.3, 0.4) is 0 Å². The maximum atomic E-state index is 13.3. The van der Waals surface area contributed by atoms with Gasteiger partial charge in [-0.15, -0.1) is 0 Å². The third-order valence-electron chi connectivity index (χ3n) is 4.38. The van der Waals surface area contributed by atoms with E-state index >= 15 is 0 Å². The van der Waals surface area contributed by atoms with Crippen LogP contribution in [0.2, 0.25) is 0 Å². The second kappa shape index (κ2) is 7.14. The van der Waals surface area contributed by atoms with Crippen molar-refractivity contribution >= 4 is 22.8 Å². The van der Waals surface area contributed by atoms with E-state index in [4.69, 9.17) is 10.2 Å². The van der Waals surface area contributed by atoms with Gasteiger partial charge in [-0.25, -0.2) is 4.98 Å². The van der Waals surface area contributed by atoms with Crippen molar-refractivity contribution in [2.75, 3.05) is 5.75 Å². The number of hydrogen-bond acceptors (Lipinski definition) is 4. The molecule has 0 aliphatic rings. The lowest BCUT2D eigenvalue weighted by Gasteiger charge is -2.13. The molecule has 0 amide bonds. The largest absolute Gasteiger partial charge is 0.355 e. The molecule has 6 heteroatoms. The zero-order valence-corrected chi connectivity index (χ0v) is 15.5. The Hall–Kier alpha value is -3.30. The predicted molar refractivity (Wildman–Crippen MR) is 108 cm³/mol. The van der Waals surface area contributed by atoms with E-state index in [1.165, 1.54) is 11.8 Å². The predicted octanol–water partition coefficient (Wildman–Crippen LogP) is 4.30. The minimum Gasteiger partial charge on any atom is -0.355 e. The first-order chi connectivity index (χ1) is 13.2. The van der Waals surface area contributed by atoms with Crippen LogP contribution in [0.25, 0.3) is 27.8 Å². The Balaban J connectivity index is 2.02. The number of aromatic amines is 1. The minimum atomic E-state index is -0.170. The highest BCUT2D eigenvalue weighted by atomic mass is 32.2. The first-order valence-electron chi connectivity index (χ1n) is 8.46. The molecular formula is C21H16N4OS. The molecule has 0 radical (unpaired) electrons. The van der Waals surface area contributed by atoms with Crippen LogP contribution < -0.4 is 5.56 Å². The Kier molecular flexibility index (Phi) is 4.53. The van der Waals surface area contributed by atoms with Crippen LogP contribution in [0.4, 0.5) is 0 Å². The molecule has 1 N–H and O–H groups in total. The normalized spacial score (nSPS) is 10.8. The summed E-state index contributed by atoms with van der Waals surface area (Å²) in [7, 11) is 0. The SMILES string of the molecule is Cc1ccccc1-n1c(SCC#N)nc2c(-c3ccccc3)c[nH]c2c1=O. The van der Waals surface area contributed by atoms with Gasteiger partial charge in [0.15, 0.2) is 5.16 Å². The number of rotatable bonds is 4. The van der Waals surface area contributed by atoms with Crippen molar-refractivity contribution in [2.45, 2.75) is 12.1 Å². The van der Waals surface area contributed by atoms with Gasteiger partial charge < -0.3 is 4.98 Å². The number of aryl methyl sites for hydroxylation is 1. The summed E-state index contributed by atoms with van der Waals surface area (Å²) in [4.78, 5) is 21.2. The van der Waals surface area contributed by atoms with E-state index in [1.807, 2.05) is 67.7 Å². The Morgan fingerprint density at radius 2 is 1.89 bits per heavy atom. The lowest BCUT2D eigenvalue weighted by atomic mass is 10.1. The van der Waals surface area contributed by atoms with Crippen LogP contribution in [-0.2, 0) is 0 Å². The number of para-hydroxylation sites is 1. The molecule has 27 heavy (non-hydrogen) atoms. The fourth-order valence-corrected chi connectivity index (χ4v) is 3.76. The fraction of sp³-hybridized carbons (Fsp3) is 0.0952. The van der Waals surface area contributed by atoms with Gasteiger partial charge >= 0.3 is 0 Å². The summed E-state index contributed by atoms with van der Waals surface area (Å²) < 4.78 is 1.59. The molecule has 4 rings (SSSR count). The topological polar surface area (TPSA) is 74.5 Å². The number of nitrogens with zero attached hydrogens (tertiary/aromatic N) is 3. The summed E-state index contributed by atoms with van der Waals surface area (Å²) in [6.45, 7) is 1.95. The molecule has 0 saturated heterocycles. The van der Waals surface area contributed by atoms with E-state index < -0.39 is 0 Å². The molecule has 0 atom stereocenters. The highest BCUT2D eigenvalue weighted by Crippen LogP contribution is 2.29. The summed E-state index contributed by atoms with van der Waals surface area (Å²) in [6, 6.07) is 19.6. The maximum Gasteiger partial charge on any atom is 0.283 e. The van der Waals surface area contributed by atoms with Gasteiger partial charge in [-0.2, -0.15) is 5.26 Å². The Bertz CT molecular complexity index is 1220. The molecule has 0 fully saturated rings. The van der Waals surface area contributed by atoms with Gasteiger partial charge in [0.05, 0.1) is 17.5 Å². The summed E-state index contributed by atoms with van der Waals surface area (Å²) in [5.41, 5.74) is 4.51. The zero-order valence-electron chi connectivity index (χ0n) is 14.6. The molecule has 0 spiro atoms. The third kappa shape index (κ3) is 3.03. The minimum absolute atomic E-state index is 0.170. The fourth-order valence-electron chi connectivity index (χ4n) is 3.10. The van der Waals surface area contributed by atoms with Gasteiger partial charge in [-0.3, -0.25) is 9.36 Å². The van der Waals surface area contributed by atoms with E-state index in [9.17, 15) is 4.79 Å². The van der Waals surface area contributed by atoms with Crippen molar-refractivity contribution in [1.82, 2.24) is 14.5 Å². The monoisotopic (exact) mass is 372 g/mol. The van der Waals surface area contributed by atoms with E-state index in [0.29, 0.717) is 16.2 Å². The van der Waals surface area contributed by atoms with Crippen LogP contribution in [0, 0.1) is 18.3 Å². The number of benzene rings is 2. The van der Waals surface area contributed by atoms with E-state index in [-0.39, 0.29) is 11.3 Å². The van der Waals surface area contributed by atoms with Gasteiger partial charge in [0.1, 0.15) is 11.0 Å². The first kappa shape index (κ1) is 17.1. The van der Waals surface area contributed by atoms with Gasteiger partial charge in [-0.05, 0) is 24.1 Å². The molecular weight excluding hydrogens is 356 g/mol. The van der Waals surface area contributed by atoms with Crippen LogP contribution in [0.15, 0.2) is 70.7 Å². The van der Waals surface area contributed by atoms with Crippen molar-refractivity contribution in [3.63, 3.8) is 0 Å². The molecule has 0 aliphatic carbocycles. The number of thioether (sulfide) groups is 1. The average molecular weight is 372 g/mol. The van der Waals surface area contributed by atoms with Crippen molar-refractivity contribution in [3.8, 4) is 22.9 Å². The lowest BCUT2D eigenvalue weighted by molar-refractivity contribution is 0.814. The first-order valence-corrected chi connectivity index (χ1v) is 9.44. The molecule has 2 aromatic heterocycles. The van der Waals surface area contributed by atoms with Crippen molar-refractivity contribution in [3.05, 3.63) is 76.7 Å². The summed E-state index contributed by atoms with van der Waals surface area (Å²) in [5, 5.41) is 9.54. The second-order valence-corrected chi connectivity index (χ2v) is 7.00. The standard InChI is InChI=1S/C21H16N4OS/c1-14-7-5-6-10-17(14)25-20(26)19-18(24-21(25)27-12-11-22)16(13-23-19)15-8-3-2-4-9-15/h2-10,13,23H,12H2,1H3.